The Kier molecular flexibility index (Phi) is 6.19. The van der Waals surface area contributed by atoms with Crippen LogP contribution in [0.25, 0.3) is 0 Å². The van der Waals surface area contributed by atoms with Gasteiger partial charge in [-0.2, -0.15) is 0 Å². The molecule has 150 valence electrons. The summed E-state index contributed by atoms with van der Waals surface area (Å²) < 4.78 is 24.6. The maximum Gasteiger partial charge on any atom is 0.411 e. The number of cyclic esters (lactones) is 1. The van der Waals surface area contributed by atoms with E-state index >= 15 is 0 Å². The number of amides is 1. The molecule has 2 aromatic carbocycles. The molecule has 6 heteroatoms. The minimum absolute atomic E-state index is 0.126. The van der Waals surface area contributed by atoms with E-state index < -0.39 is 5.60 Å². The summed E-state index contributed by atoms with van der Waals surface area (Å²) in [5.41, 5.74) is 6.75. The molecule has 0 bridgehead atoms. The third-order valence-electron chi connectivity index (χ3n) is 5.49. The Morgan fingerprint density at radius 3 is 2.46 bits per heavy atom. The molecule has 0 spiro atoms. The molecule has 1 saturated heterocycles. The maximum absolute atomic E-state index is 13.4. The quantitative estimate of drug-likeness (QED) is 0.767. The molecule has 0 aliphatic carbocycles. The number of carbonyl (C=O) groups is 1. The third-order valence-corrected chi connectivity index (χ3v) is 5.49. The third kappa shape index (κ3) is 4.12. The zero-order chi connectivity index (χ0) is 20.1. The summed E-state index contributed by atoms with van der Waals surface area (Å²) in [7, 11) is 1.62. The van der Waals surface area contributed by atoms with Crippen molar-refractivity contribution in [3.8, 4) is 5.75 Å². The van der Waals surface area contributed by atoms with Gasteiger partial charge in [0, 0.05) is 13.0 Å². The van der Waals surface area contributed by atoms with Gasteiger partial charge in [-0.15, -0.1) is 0 Å². The summed E-state index contributed by atoms with van der Waals surface area (Å²) in [6.45, 7) is 3.04. The molecule has 3 rings (SSSR count). The molecule has 0 radical (unpaired) electrons. The Balaban J connectivity index is 1.80. The van der Waals surface area contributed by atoms with Gasteiger partial charge in [0.25, 0.3) is 0 Å². The molecule has 0 unspecified atom stereocenters. The van der Waals surface area contributed by atoms with E-state index in [1.54, 1.807) is 24.1 Å². The topological polar surface area (TPSA) is 64.8 Å². The highest BCUT2D eigenvalue weighted by molar-refractivity contribution is 5.70. The molecule has 2 atom stereocenters. The van der Waals surface area contributed by atoms with E-state index in [1.165, 1.54) is 12.1 Å². The lowest BCUT2D eigenvalue weighted by atomic mass is 9.84. The number of nitrogens with zero attached hydrogens (tertiary/aromatic N) is 1. The molecule has 1 aliphatic rings. The van der Waals surface area contributed by atoms with Gasteiger partial charge in [0.15, 0.2) is 0 Å². The van der Waals surface area contributed by atoms with Gasteiger partial charge < -0.3 is 20.1 Å². The number of methoxy groups -OCH3 is 1. The monoisotopic (exact) mass is 386 g/mol. The minimum Gasteiger partial charge on any atom is -0.497 e. The molecule has 1 fully saturated rings. The number of nitrogens with two attached hydrogens (primary N) is 1. The Bertz CT molecular complexity index is 794. The van der Waals surface area contributed by atoms with Crippen LogP contribution in [0.15, 0.2) is 48.5 Å². The van der Waals surface area contributed by atoms with Gasteiger partial charge in [-0.1, -0.05) is 24.3 Å². The van der Waals surface area contributed by atoms with Crippen LogP contribution in [0.2, 0.25) is 0 Å². The lowest BCUT2D eigenvalue weighted by molar-refractivity contribution is -0.0661. The normalized spacial score (nSPS) is 20.6. The maximum atomic E-state index is 13.4. The average Bonchev–Trinajstić information content (AvgIpc) is 2.72. The number of ether oxygens (including phenoxy) is 2. The first-order chi connectivity index (χ1) is 13.5. The highest BCUT2D eigenvalue weighted by Gasteiger charge is 2.43. The first-order valence-corrected chi connectivity index (χ1v) is 9.59. The number of hydrogen-bond donors (Lipinski definition) is 1. The van der Waals surface area contributed by atoms with E-state index in [4.69, 9.17) is 15.2 Å². The molecule has 2 N–H and O–H groups in total. The van der Waals surface area contributed by atoms with E-state index in [-0.39, 0.29) is 18.0 Å². The molecular formula is C22H27FN2O3. The second-order valence-electron chi connectivity index (χ2n) is 7.15. The molecular weight excluding hydrogens is 359 g/mol. The van der Waals surface area contributed by atoms with Gasteiger partial charge in [-0.05, 0) is 61.7 Å². The van der Waals surface area contributed by atoms with E-state index in [9.17, 15) is 9.18 Å². The fraction of sp³-hybridized carbons (Fsp3) is 0.409. The van der Waals surface area contributed by atoms with E-state index in [0.717, 1.165) is 23.3 Å². The van der Waals surface area contributed by atoms with Crippen LogP contribution in [-0.4, -0.2) is 31.2 Å². The van der Waals surface area contributed by atoms with Crippen molar-refractivity contribution >= 4 is 6.09 Å². The summed E-state index contributed by atoms with van der Waals surface area (Å²) in [5, 5.41) is 0. The van der Waals surface area contributed by atoms with Crippen molar-refractivity contribution in [2.45, 2.75) is 37.8 Å². The van der Waals surface area contributed by atoms with Gasteiger partial charge >= 0.3 is 6.09 Å². The fourth-order valence-corrected chi connectivity index (χ4v) is 3.75. The number of carbonyl (C=O) groups excluding carboxylic acids is 1. The van der Waals surface area contributed by atoms with Crippen LogP contribution < -0.4 is 10.5 Å². The van der Waals surface area contributed by atoms with E-state index in [1.807, 2.05) is 31.2 Å². The second-order valence-corrected chi connectivity index (χ2v) is 7.15. The first kappa shape index (κ1) is 20.1. The van der Waals surface area contributed by atoms with E-state index in [2.05, 4.69) is 0 Å². The summed E-state index contributed by atoms with van der Waals surface area (Å²) in [6.07, 6.45) is 1.60. The van der Waals surface area contributed by atoms with Gasteiger partial charge in [0.2, 0.25) is 0 Å². The van der Waals surface area contributed by atoms with Crippen LogP contribution in [0.5, 0.6) is 5.75 Å². The van der Waals surface area contributed by atoms with Crippen molar-refractivity contribution in [1.29, 1.82) is 0 Å². The van der Waals surface area contributed by atoms with Crippen molar-refractivity contribution in [3.63, 3.8) is 0 Å². The zero-order valence-electron chi connectivity index (χ0n) is 16.4. The second kappa shape index (κ2) is 8.61. The minimum atomic E-state index is -0.764. The summed E-state index contributed by atoms with van der Waals surface area (Å²) >= 11 is 0. The highest BCUT2D eigenvalue weighted by Crippen LogP contribution is 2.40. The zero-order valence-corrected chi connectivity index (χ0v) is 16.4. The first-order valence-electron chi connectivity index (χ1n) is 9.59. The van der Waals surface area contributed by atoms with E-state index in [0.29, 0.717) is 25.9 Å². The Morgan fingerprint density at radius 2 is 1.89 bits per heavy atom. The molecule has 1 aliphatic heterocycles. The van der Waals surface area contributed by atoms with Crippen molar-refractivity contribution in [1.82, 2.24) is 4.90 Å². The van der Waals surface area contributed by atoms with Crippen molar-refractivity contribution in [2.24, 2.45) is 5.73 Å². The largest absolute Gasteiger partial charge is 0.497 e. The number of rotatable bonds is 7. The highest BCUT2D eigenvalue weighted by atomic mass is 19.1. The Labute approximate surface area is 165 Å². The predicted octanol–water partition coefficient (Wildman–Crippen LogP) is 4.37. The Morgan fingerprint density at radius 1 is 1.21 bits per heavy atom. The summed E-state index contributed by atoms with van der Waals surface area (Å²) in [6, 6.07) is 13.7. The van der Waals surface area contributed by atoms with Crippen LogP contribution in [0.3, 0.4) is 0 Å². The molecule has 2 aromatic rings. The van der Waals surface area contributed by atoms with Crippen LogP contribution in [0, 0.1) is 5.82 Å². The van der Waals surface area contributed by atoms with Crippen LogP contribution >= 0.6 is 0 Å². The lowest BCUT2D eigenvalue weighted by Gasteiger charge is -2.43. The van der Waals surface area contributed by atoms with Gasteiger partial charge in [-0.3, -0.25) is 0 Å². The van der Waals surface area contributed by atoms with Gasteiger partial charge in [0.05, 0.1) is 13.2 Å². The molecule has 0 aromatic heterocycles. The van der Waals surface area contributed by atoms with Crippen LogP contribution in [0.1, 0.15) is 43.4 Å². The fourth-order valence-electron chi connectivity index (χ4n) is 3.75. The number of benzene rings is 2. The van der Waals surface area contributed by atoms with Crippen LogP contribution in [0.4, 0.5) is 9.18 Å². The number of hydrogen-bond acceptors (Lipinski definition) is 4. The SMILES string of the molecule is COc1ccc([C@H](C)N2CC[C@](CCCN)(c3ccc(F)cc3)OC2=O)cc1. The standard InChI is InChI=1S/C22H27FN2O3/c1-16(17-4-10-20(27-2)11-5-17)25-15-13-22(12-3-14-24,28-21(25)26)18-6-8-19(23)9-7-18/h4-11,16H,3,12-15,24H2,1-2H3/t16-,22+/m0/s1. The van der Waals surface area contributed by atoms with Crippen LogP contribution in [-0.2, 0) is 10.3 Å². The van der Waals surface area contributed by atoms with Gasteiger partial charge in [0.1, 0.15) is 17.2 Å². The van der Waals surface area contributed by atoms with Gasteiger partial charge in [-0.25, -0.2) is 9.18 Å². The average molecular weight is 386 g/mol. The predicted molar refractivity (Wildman–Crippen MR) is 106 cm³/mol. The Hall–Kier alpha value is -2.60. The summed E-state index contributed by atoms with van der Waals surface area (Å²) in [4.78, 5) is 14.7. The molecule has 5 nitrogen and oxygen atoms in total. The smallest absolute Gasteiger partial charge is 0.411 e. The lowest BCUT2D eigenvalue weighted by Crippen LogP contribution is -2.48. The van der Waals surface area contributed by atoms with Crippen molar-refractivity contribution in [2.75, 3.05) is 20.2 Å². The summed E-state index contributed by atoms with van der Waals surface area (Å²) in [5.74, 6) is 0.462. The van der Waals surface area contributed by atoms with Crippen molar-refractivity contribution in [3.05, 3.63) is 65.5 Å². The molecule has 28 heavy (non-hydrogen) atoms. The molecule has 1 heterocycles. The van der Waals surface area contributed by atoms with Crippen molar-refractivity contribution < 1.29 is 18.7 Å². The molecule has 0 saturated carbocycles. The number of halogens is 1. The molecule has 1 amide bonds.